The van der Waals surface area contributed by atoms with Crippen molar-refractivity contribution in [3.63, 3.8) is 0 Å². The van der Waals surface area contributed by atoms with Crippen molar-refractivity contribution in [1.82, 2.24) is 0 Å². The Morgan fingerprint density at radius 3 is 2.89 bits per heavy atom. The molecule has 0 bridgehead atoms. The summed E-state index contributed by atoms with van der Waals surface area (Å²) in [5.41, 5.74) is 10.3. The Hall–Kier alpha value is -1.13. The van der Waals surface area contributed by atoms with Gasteiger partial charge in [0.2, 0.25) is 0 Å². The molecule has 0 aliphatic carbocycles. The molecule has 2 nitrogen and oxygen atoms in total. The van der Waals surface area contributed by atoms with Gasteiger partial charge in [-0.2, -0.15) is 0 Å². The van der Waals surface area contributed by atoms with E-state index in [4.69, 9.17) is 5.73 Å². The second kappa shape index (κ2) is 5.47. The minimum absolute atomic E-state index is 0.751. The van der Waals surface area contributed by atoms with Gasteiger partial charge >= 0.3 is 0 Å². The molecule has 0 fully saturated rings. The fraction of sp³-hybridized carbons (Fsp3) is 0.200. The molecule has 0 radical (unpaired) electrons. The predicted octanol–water partition coefficient (Wildman–Crippen LogP) is 4.81. The van der Waals surface area contributed by atoms with Gasteiger partial charge in [-0.3, -0.25) is 0 Å². The maximum Gasteiger partial charge on any atom is 0.0618 e. The summed E-state index contributed by atoms with van der Waals surface area (Å²) in [7, 11) is 0. The van der Waals surface area contributed by atoms with Crippen molar-refractivity contribution >= 4 is 44.8 Å². The average Bonchev–Trinajstić information content (AvgIpc) is 2.42. The molecule has 1 heterocycles. The molecular formula is C15H15BrN2S. The summed E-state index contributed by atoms with van der Waals surface area (Å²) in [5, 5.41) is 3.39. The summed E-state index contributed by atoms with van der Waals surface area (Å²) in [6.45, 7) is 0. The Bertz CT molecular complexity index is 613. The molecule has 0 amide bonds. The van der Waals surface area contributed by atoms with Gasteiger partial charge in [-0.25, -0.2) is 0 Å². The van der Waals surface area contributed by atoms with Gasteiger partial charge in [0.05, 0.1) is 11.4 Å². The molecule has 19 heavy (non-hydrogen) atoms. The van der Waals surface area contributed by atoms with Gasteiger partial charge < -0.3 is 11.1 Å². The number of anilines is 3. The van der Waals surface area contributed by atoms with E-state index < -0.39 is 0 Å². The molecule has 1 aliphatic rings. The third-order valence-corrected chi connectivity index (χ3v) is 4.90. The molecule has 2 aromatic carbocycles. The van der Waals surface area contributed by atoms with Crippen molar-refractivity contribution in [2.45, 2.75) is 17.7 Å². The van der Waals surface area contributed by atoms with Gasteiger partial charge in [-0.1, -0.05) is 15.9 Å². The number of halogens is 1. The Kier molecular flexibility index (Phi) is 3.71. The number of thioether (sulfide) groups is 1. The van der Waals surface area contributed by atoms with Crippen LogP contribution in [0.25, 0.3) is 0 Å². The topological polar surface area (TPSA) is 38.0 Å². The number of aryl methyl sites for hydroxylation is 1. The van der Waals surface area contributed by atoms with Crippen molar-refractivity contribution in [2.24, 2.45) is 0 Å². The van der Waals surface area contributed by atoms with Crippen molar-refractivity contribution in [1.29, 1.82) is 0 Å². The molecule has 0 saturated heterocycles. The second-order valence-corrected chi connectivity index (χ2v) is 6.68. The number of rotatable bonds is 2. The molecule has 0 atom stereocenters. The first-order chi connectivity index (χ1) is 9.22. The molecule has 3 N–H and O–H groups in total. The number of hydrogen-bond acceptors (Lipinski definition) is 3. The Labute approximate surface area is 125 Å². The lowest BCUT2D eigenvalue weighted by molar-refractivity contribution is 0.890. The average molecular weight is 335 g/mol. The SMILES string of the molecule is Nc1cc(Br)ccc1Nc1ccc2c(c1)CCCS2. The van der Waals surface area contributed by atoms with Gasteiger partial charge in [0, 0.05) is 15.1 Å². The number of nitrogen functional groups attached to an aromatic ring is 1. The highest BCUT2D eigenvalue weighted by atomic mass is 79.9. The maximum atomic E-state index is 6.01. The third-order valence-electron chi connectivity index (χ3n) is 3.20. The molecule has 3 rings (SSSR count). The van der Waals surface area contributed by atoms with Crippen LogP contribution in [0.2, 0.25) is 0 Å². The second-order valence-electron chi connectivity index (χ2n) is 4.63. The van der Waals surface area contributed by atoms with E-state index in [0.29, 0.717) is 0 Å². The lowest BCUT2D eigenvalue weighted by Gasteiger charge is -2.17. The maximum absolute atomic E-state index is 6.01. The number of benzene rings is 2. The first kappa shape index (κ1) is 12.9. The molecule has 0 aromatic heterocycles. The molecule has 2 aromatic rings. The standard InChI is InChI=1S/C15H15BrN2S/c16-11-3-5-14(13(17)9-11)18-12-4-6-15-10(8-12)2-1-7-19-15/h3-6,8-9,18H,1-2,7,17H2. The van der Waals surface area contributed by atoms with E-state index in [1.807, 2.05) is 30.0 Å². The van der Waals surface area contributed by atoms with Crippen molar-refractivity contribution < 1.29 is 0 Å². The lowest BCUT2D eigenvalue weighted by atomic mass is 10.1. The highest BCUT2D eigenvalue weighted by Gasteiger charge is 2.10. The first-order valence-corrected chi connectivity index (χ1v) is 8.08. The van der Waals surface area contributed by atoms with Crippen molar-refractivity contribution in [3.8, 4) is 0 Å². The first-order valence-electron chi connectivity index (χ1n) is 6.30. The van der Waals surface area contributed by atoms with Crippen LogP contribution in [0.3, 0.4) is 0 Å². The van der Waals surface area contributed by atoms with Gasteiger partial charge in [0.15, 0.2) is 0 Å². The van der Waals surface area contributed by atoms with Crippen molar-refractivity contribution in [2.75, 3.05) is 16.8 Å². The van der Waals surface area contributed by atoms with Gasteiger partial charge in [-0.15, -0.1) is 11.8 Å². The molecule has 0 saturated carbocycles. The normalized spacial score (nSPS) is 13.9. The quantitative estimate of drug-likeness (QED) is 0.773. The summed E-state index contributed by atoms with van der Waals surface area (Å²) in [6.07, 6.45) is 2.44. The fourth-order valence-corrected chi connectivity index (χ4v) is 3.64. The molecule has 1 aliphatic heterocycles. The minimum atomic E-state index is 0.751. The van der Waals surface area contributed by atoms with Crippen LogP contribution in [0.4, 0.5) is 17.1 Å². The molecule has 0 spiro atoms. The van der Waals surface area contributed by atoms with Crippen LogP contribution >= 0.6 is 27.7 Å². The largest absolute Gasteiger partial charge is 0.397 e. The Morgan fingerprint density at radius 1 is 1.16 bits per heavy atom. The van der Waals surface area contributed by atoms with Crippen LogP contribution in [0.15, 0.2) is 45.8 Å². The van der Waals surface area contributed by atoms with Gasteiger partial charge in [0.25, 0.3) is 0 Å². The van der Waals surface area contributed by atoms with E-state index in [2.05, 4.69) is 39.4 Å². The van der Waals surface area contributed by atoms with E-state index in [1.165, 1.54) is 29.1 Å². The highest BCUT2D eigenvalue weighted by molar-refractivity contribution is 9.10. The zero-order chi connectivity index (χ0) is 13.2. The van der Waals surface area contributed by atoms with E-state index >= 15 is 0 Å². The lowest BCUT2D eigenvalue weighted by Crippen LogP contribution is -2.01. The van der Waals surface area contributed by atoms with Gasteiger partial charge in [0.1, 0.15) is 0 Å². The Morgan fingerprint density at radius 2 is 2.05 bits per heavy atom. The smallest absolute Gasteiger partial charge is 0.0618 e. The predicted molar refractivity (Wildman–Crippen MR) is 87.3 cm³/mol. The minimum Gasteiger partial charge on any atom is -0.397 e. The van der Waals surface area contributed by atoms with Crippen LogP contribution in [-0.4, -0.2) is 5.75 Å². The zero-order valence-electron chi connectivity index (χ0n) is 10.4. The van der Waals surface area contributed by atoms with Crippen molar-refractivity contribution in [3.05, 3.63) is 46.4 Å². The summed E-state index contributed by atoms with van der Waals surface area (Å²) < 4.78 is 0.998. The van der Waals surface area contributed by atoms with E-state index in [-0.39, 0.29) is 0 Å². The van der Waals surface area contributed by atoms with E-state index in [9.17, 15) is 0 Å². The number of nitrogens with two attached hydrogens (primary N) is 1. The molecule has 4 heteroatoms. The fourth-order valence-electron chi connectivity index (χ4n) is 2.24. The van der Waals surface area contributed by atoms with Crippen LogP contribution < -0.4 is 11.1 Å². The van der Waals surface area contributed by atoms with Gasteiger partial charge in [-0.05, 0) is 60.6 Å². The number of fused-ring (bicyclic) bond motifs is 1. The summed E-state index contributed by atoms with van der Waals surface area (Å²) in [5.74, 6) is 1.24. The van der Waals surface area contributed by atoms with Crippen LogP contribution in [-0.2, 0) is 6.42 Å². The number of nitrogens with one attached hydrogen (secondary N) is 1. The monoisotopic (exact) mass is 334 g/mol. The number of hydrogen-bond donors (Lipinski definition) is 2. The van der Waals surface area contributed by atoms with Crippen LogP contribution in [0.1, 0.15) is 12.0 Å². The highest BCUT2D eigenvalue weighted by Crippen LogP contribution is 2.33. The molecule has 98 valence electrons. The molecule has 0 unspecified atom stereocenters. The summed E-state index contributed by atoms with van der Waals surface area (Å²) in [4.78, 5) is 1.42. The van der Waals surface area contributed by atoms with E-state index in [0.717, 1.165) is 21.5 Å². The third kappa shape index (κ3) is 2.90. The summed E-state index contributed by atoms with van der Waals surface area (Å²) in [6, 6.07) is 12.5. The van der Waals surface area contributed by atoms with Crippen LogP contribution in [0.5, 0.6) is 0 Å². The zero-order valence-corrected chi connectivity index (χ0v) is 12.9. The molecular weight excluding hydrogens is 320 g/mol. The van der Waals surface area contributed by atoms with E-state index in [1.54, 1.807) is 0 Å². The van der Waals surface area contributed by atoms with Crippen LogP contribution in [0, 0.1) is 0 Å². The summed E-state index contributed by atoms with van der Waals surface area (Å²) >= 11 is 5.37. The Balaban J connectivity index is 1.87.